The number of hydrogen-bond acceptors (Lipinski definition) is 4. The predicted molar refractivity (Wildman–Crippen MR) is 142 cm³/mol. The molecule has 0 aliphatic rings. The number of para-hydroxylation sites is 2. The smallest absolute Gasteiger partial charge is 0.307 e. The highest BCUT2D eigenvalue weighted by molar-refractivity contribution is 7.98. The first-order chi connectivity index (χ1) is 17.4. The molecule has 0 radical (unpaired) electrons. The summed E-state index contributed by atoms with van der Waals surface area (Å²) in [6, 6.07) is 25.0. The molecule has 1 N–H and O–H groups in total. The van der Waals surface area contributed by atoms with Gasteiger partial charge in [-0.05, 0) is 23.8 Å². The molecule has 0 spiro atoms. The molecule has 1 unspecified atom stereocenters. The molecule has 5 aromatic rings. The number of aliphatic carboxylic acids is 1. The number of halogens is 1. The maximum absolute atomic E-state index is 15.3. The number of fused-ring (bicyclic) bond motifs is 3. The van der Waals surface area contributed by atoms with E-state index in [9.17, 15) is 9.59 Å². The molecular weight excluding hydrogens is 475 g/mol. The number of ketones is 1. The third kappa shape index (κ3) is 4.64. The lowest BCUT2D eigenvalue weighted by atomic mass is 9.97. The summed E-state index contributed by atoms with van der Waals surface area (Å²) in [5.41, 5.74) is 3.99. The van der Waals surface area contributed by atoms with E-state index in [2.05, 4.69) is 0 Å². The summed E-state index contributed by atoms with van der Waals surface area (Å²) in [4.78, 5) is 24.1. The van der Waals surface area contributed by atoms with Crippen LogP contribution in [0.25, 0.3) is 33.1 Å². The van der Waals surface area contributed by atoms with Crippen LogP contribution in [0.3, 0.4) is 0 Å². The maximum Gasteiger partial charge on any atom is 0.307 e. The molecule has 4 aromatic carbocycles. The molecule has 1 atom stereocenters. The summed E-state index contributed by atoms with van der Waals surface area (Å²) in [6.07, 6.45) is 0. The fraction of sp³-hybridized carbons (Fsp3) is 0.133. The maximum atomic E-state index is 15.3. The number of carboxylic acid groups (broad SMARTS) is 1. The molecule has 6 heteroatoms. The second kappa shape index (κ2) is 9.99. The van der Waals surface area contributed by atoms with Gasteiger partial charge in [-0.15, -0.1) is 0 Å². The summed E-state index contributed by atoms with van der Waals surface area (Å²) in [6.45, 7) is 1.67. The Morgan fingerprint density at radius 3 is 2.44 bits per heavy atom. The van der Waals surface area contributed by atoms with Crippen LogP contribution in [0.1, 0.15) is 28.4 Å². The van der Waals surface area contributed by atoms with Gasteiger partial charge in [0.15, 0.2) is 5.78 Å². The first-order valence-corrected chi connectivity index (χ1v) is 12.7. The molecule has 0 saturated carbocycles. The topological polar surface area (TPSA) is 67.5 Å². The Bertz CT molecular complexity index is 1600. The average molecular weight is 499 g/mol. The van der Waals surface area contributed by atoms with Crippen molar-refractivity contribution in [3.63, 3.8) is 0 Å². The fourth-order valence-electron chi connectivity index (χ4n) is 4.23. The van der Waals surface area contributed by atoms with Crippen LogP contribution in [0.2, 0.25) is 0 Å². The van der Waals surface area contributed by atoms with Crippen LogP contribution in [0.4, 0.5) is 4.39 Å². The average Bonchev–Trinajstić information content (AvgIpc) is 3.27. The Hall–Kier alpha value is -3.90. The second-order valence-corrected chi connectivity index (χ2v) is 9.79. The number of rotatable bonds is 8. The molecule has 0 bridgehead atoms. The molecule has 0 amide bonds. The molecule has 0 aliphatic carbocycles. The Morgan fingerprint density at radius 1 is 0.889 bits per heavy atom. The van der Waals surface area contributed by atoms with E-state index in [1.54, 1.807) is 37.3 Å². The van der Waals surface area contributed by atoms with E-state index in [4.69, 9.17) is 9.52 Å². The third-order valence-electron chi connectivity index (χ3n) is 6.17. The molecule has 1 aromatic heterocycles. The van der Waals surface area contributed by atoms with Gasteiger partial charge in [0.1, 0.15) is 17.0 Å². The van der Waals surface area contributed by atoms with Crippen LogP contribution >= 0.6 is 11.8 Å². The van der Waals surface area contributed by atoms with E-state index in [1.165, 1.54) is 17.8 Å². The van der Waals surface area contributed by atoms with Crippen LogP contribution < -0.4 is 0 Å². The summed E-state index contributed by atoms with van der Waals surface area (Å²) in [5.74, 6) is -0.956. The van der Waals surface area contributed by atoms with Gasteiger partial charge >= 0.3 is 5.97 Å². The fourth-order valence-corrected chi connectivity index (χ4v) is 5.26. The summed E-state index contributed by atoms with van der Waals surface area (Å²) in [5, 5.41) is 10.9. The first kappa shape index (κ1) is 23.8. The molecule has 0 fully saturated rings. The van der Waals surface area contributed by atoms with Gasteiger partial charge in [0.05, 0.1) is 5.92 Å². The molecule has 0 aliphatic heterocycles. The van der Waals surface area contributed by atoms with Crippen molar-refractivity contribution in [3.05, 3.63) is 107 Å². The number of benzene rings is 4. The Morgan fingerprint density at radius 2 is 1.64 bits per heavy atom. The highest BCUT2D eigenvalue weighted by Gasteiger charge is 2.17. The van der Waals surface area contributed by atoms with Crippen LogP contribution in [0, 0.1) is 11.7 Å². The number of furan rings is 1. The number of thioether (sulfide) groups is 1. The zero-order chi connectivity index (χ0) is 25.2. The van der Waals surface area contributed by atoms with E-state index >= 15 is 4.39 Å². The molecular formula is C30H23FO4S. The summed E-state index contributed by atoms with van der Waals surface area (Å²) in [7, 11) is 0. The Labute approximate surface area is 211 Å². The number of carbonyl (C=O) groups excluding carboxylic acids is 1. The quantitative estimate of drug-likeness (QED) is 0.223. The van der Waals surface area contributed by atoms with Gasteiger partial charge in [-0.3, -0.25) is 9.59 Å². The Kier molecular flexibility index (Phi) is 6.61. The lowest BCUT2D eigenvalue weighted by molar-refractivity contribution is -0.140. The number of hydrogen-bond donors (Lipinski definition) is 1. The minimum Gasteiger partial charge on any atom is -0.481 e. The minimum atomic E-state index is -0.826. The van der Waals surface area contributed by atoms with Crippen molar-refractivity contribution in [3.8, 4) is 11.1 Å². The van der Waals surface area contributed by atoms with Gasteiger partial charge in [-0.1, -0.05) is 73.7 Å². The van der Waals surface area contributed by atoms with Crippen molar-refractivity contribution in [2.24, 2.45) is 5.92 Å². The third-order valence-corrected chi connectivity index (χ3v) is 7.45. The van der Waals surface area contributed by atoms with Crippen molar-refractivity contribution in [2.75, 3.05) is 5.75 Å². The van der Waals surface area contributed by atoms with E-state index in [-0.39, 0.29) is 11.3 Å². The zero-order valence-corrected chi connectivity index (χ0v) is 20.3. The molecule has 5 rings (SSSR count). The molecule has 36 heavy (non-hydrogen) atoms. The largest absolute Gasteiger partial charge is 0.481 e. The molecule has 180 valence electrons. The van der Waals surface area contributed by atoms with Crippen LogP contribution in [0.5, 0.6) is 0 Å². The van der Waals surface area contributed by atoms with Crippen LogP contribution in [-0.4, -0.2) is 22.6 Å². The predicted octanol–water partition coefficient (Wildman–Crippen LogP) is 7.58. The molecule has 4 nitrogen and oxygen atoms in total. The number of carbonyl (C=O) groups is 2. The van der Waals surface area contributed by atoms with Gasteiger partial charge in [-0.25, -0.2) is 4.39 Å². The number of carboxylic acids is 1. The van der Waals surface area contributed by atoms with E-state index < -0.39 is 17.7 Å². The summed E-state index contributed by atoms with van der Waals surface area (Å²) < 4.78 is 21.4. The zero-order valence-electron chi connectivity index (χ0n) is 19.5. The van der Waals surface area contributed by atoms with Crippen molar-refractivity contribution in [1.29, 1.82) is 0 Å². The van der Waals surface area contributed by atoms with Gasteiger partial charge in [0.25, 0.3) is 0 Å². The van der Waals surface area contributed by atoms with Gasteiger partial charge < -0.3 is 9.52 Å². The van der Waals surface area contributed by atoms with Crippen LogP contribution in [-0.2, 0) is 10.5 Å². The first-order valence-electron chi connectivity index (χ1n) is 11.6. The lowest BCUT2D eigenvalue weighted by Crippen LogP contribution is -2.11. The van der Waals surface area contributed by atoms with Gasteiger partial charge in [-0.2, -0.15) is 11.8 Å². The lowest BCUT2D eigenvalue weighted by Gasteiger charge is -2.09. The Balaban J connectivity index is 1.40. The molecule has 1 heterocycles. The second-order valence-electron chi connectivity index (χ2n) is 8.76. The van der Waals surface area contributed by atoms with Crippen LogP contribution in [0.15, 0.2) is 89.3 Å². The van der Waals surface area contributed by atoms with Gasteiger partial charge in [0, 0.05) is 44.5 Å². The van der Waals surface area contributed by atoms with E-state index in [0.717, 1.165) is 21.9 Å². The van der Waals surface area contributed by atoms with E-state index in [0.29, 0.717) is 33.8 Å². The summed E-state index contributed by atoms with van der Waals surface area (Å²) >= 11 is 1.50. The highest BCUT2D eigenvalue weighted by atomic mass is 32.2. The monoisotopic (exact) mass is 498 g/mol. The van der Waals surface area contributed by atoms with E-state index in [1.807, 2.05) is 48.5 Å². The minimum absolute atomic E-state index is 0.261. The normalized spacial score (nSPS) is 12.2. The van der Waals surface area contributed by atoms with Crippen molar-refractivity contribution in [2.45, 2.75) is 12.7 Å². The van der Waals surface area contributed by atoms with Crippen molar-refractivity contribution >= 4 is 45.5 Å². The highest BCUT2D eigenvalue weighted by Crippen LogP contribution is 2.36. The van der Waals surface area contributed by atoms with Gasteiger partial charge in [0.2, 0.25) is 0 Å². The van der Waals surface area contributed by atoms with Crippen molar-refractivity contribution in [1.82, 2.24) is 0 Å². The SMILES string of the molecule is CC(CSCc1cccc(C(=O)c2ccc(-c3cccc4c3oc3ccccc34)c(F)c2)c1)C(=O)O. The standard InChI is InChI=1S/C30H23FO4S/c1-18(30(33)34)16-36-17-19-6-4-7-20(14-19)28(32)21-12-13-22(26(31)15-21)24-9-5-10-25-23-8-2-3-11-27(23)35-29(24)25/h2-15,18H,16-17H2,1H3,(H,33,34). The van der Waals surface area contributed by atoms with Crippen molar-refractivity contribution < 1.29 is 23.5 Å². The molecule has 0 saturated heterocycles.